The molecule has 2 rings (SSSR count). The van der Waals surface area contributed by atoms with Gasteiger partial charge in [0.2, 0.25) is 0 Å². The third kappa shape index (κ3) is 3.21. The van der Waals surface area contributed by atoms with Crippen LogP contribution < -0.4 is 4.74 Å². The van der Waals surface area contributed by atoms with Gasteiger partial charge in [-0.15, -0.1) is 0 Å². The van der Waals surface area contributed by atoms with Crippen LogP contribution in [0.5, 0.6) is 5.75 Å². The zero-order chi connectivity index (χ0) is 12.1. The third-order valence-electron chi connectivity index (χ3n) is 2.57. The van der Waals surface area contributed by atoms with Gasteiger partial charge in [0.05, 0.1) is 6.61 Å². The molecule has 0 unspecified atom stereocenters. The quantitative estimate of drug-likeness (QED) is 0.641. The Labute approximate surface area is 100 Å². The van der Waals surface area contributed by atoms with E-state index in [1.807, 2.05) is 18.2 Å². The number of allylic oxidation sites excluding steroid dienone is 2. The molecule has 3 nitrogen and oxygen atoms in total. The molecule has 0 bridgehead atoms. The summed E-state index contributed by atoms with van der Waals surface area (Å²) in [5.74, 6) is 0.0305. The number of aryl methyl sites for hydroxylation is 1. The van der Waals surface area contributed by atoms with E-state index >= 15 is 0 Å². The van der Waals surface area contributed by atoms with Crippen LogP contribution in [0.3, 0.4) is 0 Å². The Bertz CT molecular complexity index is 472. The maximum Gasteiger partial charge on any atom is 0.328 e. The summed E-state index contributed by atoms with van der Waals surface area (Å²) in [5, 5.41) is 8.43. The SMILES string of the molecule is O=C(O)/C=C/C=C/c1ccc2c(c1)CCCO2. The van der Waals surface area contributed by atoms with Gasteiger partial charge >= 0.3 is 5.97 Å². The first-order valence-electron chi connectivity index (χ1n) is 5.59. The van der Waals surface area contributed by atoms with Gasteiger partial charge in [-0.25, -0.2) is 4.79 Å². The Morgan fingerprint density at radius 1 is 1.35 bits per heavy atom. The summed E-state index contributed by atoms with van der Waals surface area (Å²) < 4.78 is 5.52. The average Bonchev–Trinajstić information content (AvgIpc) is 2.34. The van der Waals surface area contributed by atoms with Crippen molar-refractivity contribution in [3.8, 4) is 5.75 Å². The van der Waals surface area contributed by atoms with Gasteiger partial charge in [-0.2, -0.15) is 0 Å². The molecule has 3 heteroatoms. The van der Waals surface area contributed by atoms with E-state index < -0.39 is 5.97 Å². The zero-order valence-electron chi connectivity index (χ0n) is 9.43. The lowest BCUT2D eigenvalue weighted by Crippen LogP contribution is -2.07. The predicted octanol–water partition coefficient (Wildman–Crippen LogP) is 2.67. The summed E-state index contributed by atoms with van der Waals surface area (Å²) in [6.07, 6.45) is 8.32. The summed E-state index contributed by atoms with van der Waals surface area (Å²) in [5.41, 5.74) is 2.28. The Morgan fingerprint density at radius 3 is 3.06 bits per heavy atom. The second-order valence-electron chi connectivity index (χ2n) is 3.88. The first-order valence-corrected chi connectivity index (χ1v) is 5.59. The van der Waals surface area contributed by atoms with E-state index in [-0.39, 0.29) is 0 Å². The molecular weight excluding hydrogens is 216 g/mol. The van der Waals surface area contributed by atoms with Gasteiger partial charge in [0.15, 0.2) is 0 Å². The fraction of sp³-hybridized carbons (Fsp3) is 0.214. The summed E-state index contributed by atoms with van der Waals surface area (Å²) in [6, 6.07) is 6.02. The lowest BCUT2D eigenvalue weighted by atomic mass is 10.0. The van der Waals surface area contributed by atoms with E-state index in [0.29, 0.717) is 0 Å². The topological polar surface area (TPSA) is 46.5 Å². The number of carbonyl (C=O) groups is 1. The number of benzene rings is 1. The monoisotopic (exact) mass is 230 g/mol. The minimum Gasteiger partial charge on any atom is -0.493 e. The minimum atomic E-state index is -0.937. The van der Waals surface area contributed by atoms with E-state index in [0.717, 1.165) is 36.8 Å². The molecule has 0 saturated heterocycles. The van der Waals surface area contributed by atoms with Crippen molar-refractivity contribution in [3.05, 3.63) is 47.6 Å². The number of fused-ring (bicyclic) bond motifs is 1. The molecule has 1 aromatic carbocycles. The molecule has 0 amide bonds. The molecular formula is C14H14O3. The maximum absolute atomic E-state index is 10.3. The molecule has 0 radical (unpaired) electrons. The highest BCUT2D eigenvalue weighted by Gasteiger charge is 2.09. The molecule has 0 fully saturated rings. The van der Waals surface area contributed by atoms with Crippen molar-refractivity contribution < 1.29 is 14.6 Å². The second kappa shape index (κ2) is 5.34. The van der Waals surface area contributed by atoms with Crippen molar-refractivity contribution in [1.82, 2.24) is 0 Å². The third-order valence-corrected chi connectivity index (χ3v) is 2.57. The summed E-state index contributed by atoms with van der Waals surface area (Å²) in [4.78, 5) is 10.3. The lowest BCUT2D eigenvalue weighted by molar-refractivity contribution is -0.131. The van der Waals surface area contributed by atoms with Gasteiger partial charge in [-0.05, 0) is 36.1 Å². The molecule has 1 heterocycles. The minimum absolute atomic E-state index is 0.795. The first-order chi connectivity index (χ1) is 8.25. The number of aliphatic carboxylic acids is 1. The summed E-state index contributed by atoms with van der Waals surface area (Å²) in [6.45, 7) is 0.795. The van der Waals surface area contributed by atoms with Crippen molar-refractivity contribution >= 4 is 12.0 Å². The van der Waals surface area contributed by atoms with Crippen LogP contribution in [-0.4, -0.2) is 17.7 Å². The molecule has 17 heavy (non-hydrogen) atoms. The number of carboxylic acids is 1. The molecule has 1 N–H and O–H groups in total. The molecule has 0 saturated carbocycles. The van der Waals surface area contributed by atoms with E-state index in [1.54, 1.807) is 6.08 Å². The van der Waals surface area contributed by atoms with Gasteiger partial charge in [0.1, 0.15) is 5.75 Å². The number of hydrogen-bond donors (Lipinski definition) is 1. The van der Waals surface area contributed by atoms with E-state index in [1.165, 1.54) is 11.6 Å². The predicted molar refractivity (Wildman–Crippen MR) is 66.1 cm³/mol. The second-order valence-corrected chi connectivity index (χ2v) is 3.88. The summed E-state index contributed by atoms with van der Waals surface area (Å²) in [7, 11) is 0. The Kier molecular flexibility index (Phi) is 3.60. The molecule has 1 aliphatic rings. The Morgan fingerprint density at radius 2 is 2.24 bits per heavy atom. The highest BCUT2D eigenvalue weighted by atomic mass is 16.5. The highest BCUT2D eigenvalue weighted by molar-refractivity contribution is 5.80. The van der Waals surface area contributed by atoms with Crippen molar-refractivity contribution in [1.29, 1.82) is 0 Å². The number of hydrogen-bond acceptors (Lipinski definition) is 2. The number of ether oxygens (including phenoxy) is 1. The van der Waals surface area contributed by atoms with E-state index in [2.05, 4.69) is 6.07 Å². The number of rotatable bonds is 3. The van der Waals surface area contributed by atoms with E-state index in [9.17, 15) is 4.79 Å². The highest BCUT2D eigenvalue weighted by Crippen LogP contribution is 2.25. The fourth-order valence-electron chi connectivity index (χ4n) is 1.79. The van der Waals surface area contributed by atoms with Crippen LogP contribution in [0, 0.1) is 0 Å². The molecule has 1 aromatic rings. The maximum atomic E-state index is 10.3. The largest absolute Gasteiger partial charge is 0.493 e. The smallest absolute Gasteiger partial charge is 0.328 e. The van der Waals surface area contributed by atoms with Gasteiger partial charge in [0.25, 0.3) is 0 Å². The van der Waals surface area contributed by atoms with Crippen molar-refractivity contribution in [3.63, 3.8) is 0 Å². The molecule has 88 valence electrons. The standard InChI is InChI=1S/C14H14O3/c15-14(16)6-2-1-4-11-7-8-13-12(10-11)5-3-9-17-13/h1-2,4,6-8,10H,3,5,9H2,(H,15,16)/b4-1+,6-2+. The summed E-state index contributed by atoms with van der Waals surface area (Å²) >= 11 is 0. The van der Waals surface area contributed by atoms with Gasteiger partial charge in [-0.3, -0.25) is 0 Å². The van der Waals surface area contributed by atoms with Crippen LogP contribution in [0.1, 0.15) is 17.5 Å². The lowest BCUT2D eigenvalue weighted by Gasteiger charge is -2.17. The molecule has 0 aliphatic carbocycles. The van der Waals surface area contributed by atoms with Gasteiger partial charge < -0.3 is 9.84 Å². The van der Waals surface area contributed by atoms with Crippen LogP contribution in [0.25, 0.3) is 6.08 Å². The van der Waals surface area contributed by atoms with Gasteiger partial charge in [-0.1, -0.05) is 24.3 Å². The van der Waals surface area contributed by atoms with Crippen molar-refractivity contribution in [2.75, 3.05) is 6.61 Å². The van der Waals surface area contributed by atoms with Gasteiger partial charge in [0, 0.05) is 6.08 Å². The molecule has 1 aliphatic heterocycles. The van der Waals surface area contributed by atoms with E-state index in [4.69, 9.17) is 9.84 Å². The van der Waals surface area contributed by atoms with Crippen LogP contribution in [0.15, 0.2) is 36.4 Å². The molecule has 0 atom stereocenters. The van der Waals surface area contributed by atoms with Crippen molar-refractivity contribution in [2.45, 2.75) is 12.8 Å². The van der Waals surface area contributed by atoms with Crippen LogP contribution in [0.4, 0.5) is 0 Å². The fourth-order valence-corrected chi connectivity index (χ4v) is 1.79. The molecule has 0 aromatic heterocycles. The number of carboxylic acid groups (broad SMARTS) is 1. The van der Waals surface area contributed by atoms with Crippen LogP contribution >= 0.6 is 0 Å². The molecule has 0 spiro atoms. The Balaban J connectivity index is 2.09. The van der Waals surface area contributed by atoms with Crippen LogP contribution in [-0.2, 0) is 11.2 Å². The average molecular weight is 230 g/mol. The first kappa shape index (κ1) is 11.5. The zero-order valence-corrected chi connectivity index (χ0v) is 9.43. The van der Waals surface area contributed by atoms with Crippen LogP contribution in [0.2, 0.25) is 0 Å². The Hall–Kier alpha value is -2.03. The van der Waals surface area contributed by atoms with Crippen molar-refractivity contribution in [2.24, 2.45) is 0 Å². The normalized spacial score (nSPS) is 14.8.